The Kier molecular flexibility index (Phi) is 13.0. The number of carbonyl (C=O) groups excluding carboxylic acids is 3. The van der Waals surface area contributed by atoms with Crippen LogP contribution in [0.2, 0.25) is 10.0 Å². The predicted molar refractivity (Wildman–Crippen MR) is 208 cm³/mol. The molecule has 3 amide bonds. The first-order chi connectivity index (χ1) is 25.2. The molecule has 260 valence electrons. The fraction of sp³-hybridized carbons (Fsp3) is 0.0976. The lowest BCUT2D eigenvalue weighted by molar-refractivity contribution is -0.126. The molecule has 0 bridgehead atoms. The number of allylic oxidation sites excluding steroid dienone is 4. The van der Waals surface area contributed by atoms with Gasteiger partial charge in [-0.2, -0.15) is 10.3 Å². The van der Waals surface area contributed by atoms with E-state index in [0.29, 0.717) is 22.4 Å². The molecule has 1 aliphatic rings. The zero-order valence-corrected chi connectivity index (χ0v) is 30.3. The minimum Gasteiger partial charge on any atom is -0.486 e. The molecule has 0 saturated heterocycles. The van der Waals surface area contributed by atoms with Crippen molar-refractivity contribution in [2.75, 3.05) is 5.75 Å². The first-order valence-corrected chi connectivity index (χ1v) is 17.7. The maximum Gasteiger partial charge on any atom is 0.285 e. The van der Waals surface area contributed by atoms with E-state index in [0.717, 1.165) is 22.9 Å². The highest BCUT2D eigenvalue weighted by Crippen LogP contribution is 2.36. The second kappa shape index (κ2) is 18.0. The number of amides is 3. The van der Waals surface area contributed by atoms with Gasteiger partial charge in [0.2, 0.25) is 5.91 Å². The lowest BCUT2D eigenvalue weighted by atomic mass is 9.99. The Morgan fingerprint density at radius 1 is 1.00 bits per heavy atom. The van der Waals surface area contributed by atoms with Gasteiger partial charge in [-0.3, -0.25) is 19.3 Å². The number of aliphatic imine (C=N–C) groups is 1. The Bertz CT molecular complexity index is 2100. The van der Waals surface area contributed by atoms with Crippen LogP contribution in [-0.4, -0.2) is 33.5 Å². The van der Waals surface area contributed by atoms with E-state index in [4.69, 9.17) is 27.9 Å². The van der Waals surface area contributed by atoms with Gasteiger partial charge in [-0.05, 0) is 54.0 Å². The molecular weight excluding hydrogens is 715 g/mol. The topological polar surface area (TPSA) is 112 Å². The van der Waals surface area contributed by atoms with E-state index < -0.39 is 17.9 Å². The van der Waals surface area contributed by atoms with Gasteiger partial charge < -0.3 is 10.1 Å². The molecule has 0 aromatic heterocycles. The van der Waals surface area contributed by atoms with E-state index in [1.165, 1.54) is 23.1 Å². The van der Waals surface area contributed by atoms with Crippen molar-refractivity contribution in [2.45, 2.75) is 19.6 Å². The Balaban J connectivity index is 1.40. The van der Waals surface area contributed by atoms with Crippen LogP contribution in [0.5, 0.6) is 5.75 Å². The Labute approximate surface area is 316 Å². The van der Waals surface area contributed by atoms with Gasteiger partial charge in [-0.25, -0.2) is 0 Å². The second-order valence-corrected chi connectivity index (χ2v) is 12.9. The lowest BCUT2D eigenvalue weighted by Crippen LogP contribution is -2.42. The quantitative estimate of drug-likeness (QED) is 0.0881. The fourth-order valence-corrected chi connectivity index (χ4v) is 6.69. The molecule has 11 heteroatoms. The van der Waals surface area contributed by atoms with Crippen molar-refractivity contribution in [3.05, 3.63) is 177 Å². The van der Waals surface area contributed by atoms with E-state index in [1.807, 2.05) is 60.7 Å². The van der Waals surface area contributed by atoms with Crippen LogP contribution >= 0.6 is 35.0 Å². The molecule has 1 heterocycles. The summed E-state index contributed by atoms with van der Waals surface area (Å²) in [6.07, 6.45) is 7.90. The van der Waals surface area contributed by atoms with Crippen LogP contribution in [0, 0.1) is 11.3 Å². The van der Waals surface area contributed by atoms with Crippen molar-refractivity contribution in [3.63, 3.8) is 0 Å². The summed E-state index contributed by atoms with van der Waals surface area (Å²) in [5, 5.41) is 12.8. The number of rotatable bonds is 12. The van der Waals surface area contributed by atoms with Gasteiger partial charge in [0, 0.05) is 11.3 Å². The number of benzene rings is 4. The third-order valence-corrected chi connectivity index (χ3v) is 9.25. The van der Waals surface area contributed by atoms with Crippen LogP contribution in [-0.2, 0) is 21.0 Å². The van der Waals surface area contributed by atoms with E-state index >= 15 is 0 Å². The summed E-state index contributed by atoms with van der Waals surface area (Å²) in [5.41, 5.74) is 3.45. The first-order valence-electron chi connectivity index (χ1n) is 16.0. The fourth-order valence-electron chi connectivity index (χ4n) is 5.27. The van der Waals surface area contributed by atoms with E-state index in [-0.39, 0.29) is 44.8 Å². The summed E-state index contributed by atoms with van der Waals surface area (Å²) in [6.45, 7) is 5.50. The number of halogens is 2. The van der Waals surface area contributed by atoms with Crippen LogP contribution in [0.15, 0.2) is 144 Å². The van der Waals surface area contributed by atoms with Gasteiger partial charge >= 0.3 is 0 Å². The van der Waals surface area contributed by atoms with Crippen LogP contribution in [0.4, 0.5) is 0 Å². The smallest absolute Gasteiger partial charge is 0.285 e. The first kappa shape index (κ1) is 37.6. The average molecular weight is 748 g/mol. The maximum absolute atomic E-state index is 14.1. The third-order valence-electron chi connectivity index (χ3n) is 7.75. The molecule has 1 N–H and O–H groups in total. The largest absolute Gasteiger partial charge is 0.486 e. The van der Waals surface area contributed by atoms with Gasteiger partial charge in [-0.15, -0.1) is 0 Å². The number of nitriles is 1. The number of nitrogens with one attached hydrogen (secondary N) is 1. The monoisotopic (exact) mass is 746 g/mol. The highest BCUT2D eigenvalue weighted by atomic mass is 35.5. The molecule has 0 unspecified atom stereocenters. The summed E-state index contributed by atoms with van der Waals surface area (Å²) in [7, 11) is 0. The van der Waals surface area contributed by atoms with Crippen molar-refractivity contribution in [1.29, 1.82) is 5.26 Å². The number of carbonyl (C=O) groups is 3. The molecule has 0 saturated carbocycles. The molecule has 0 aliphatic carbocycles. The summed E-state index contributed by atoms with van der Waals surface area (Å²) in [6, 6.07) is 30.9. The summed E-state index contributed by atoms with van der Waals surface area (Å²) < 4.78 is 5.86. The van der Waals surface area contributed by atoms with Gasteiger partial charge in [-0.1, -0.05) is 139 Å². The Hall–Kier alpha value is -5.66. The van der Waals surface area contributed by atoms with Crippen molar-refractivity contribution < 1.29 is 19.1 Å². The minimum atomic E-state index is -0.792. The van der Waals surface area contributed by atoms with Crippen molar-refractivity contribution in [2.24, 2.45) is 4.99 Å². The van der Waals surface area contributed by atoms with Crippen LogP contribution in [0.25, 0.3) is 6.08 Å². The average Bonchev–Trinajstić information content (AvgIpc) is 3.16. The Morgan fingerprint density at radius 2 is 1.62 bits per heavy atom. The van der Waals surface area contributed by atoms with Gasteiger partial charge in [0.05, 0.1) is 33.5 Å². The molecule has 0 fully saturated rings. The SMILES string of the molecule is C=C/C=C\C(=C/C)N1C(=O)/C(=C/c2cc(Cl)c(OCc3ccccc3C#N)c(Cl)c2)C(=O)N=C1SCC(=O)NC(c1ccccc1)c1ccccc1. The molecule has 4 aromatic carbocycles. The molecule has 0 spiro atoms. The molecule has 8 nitrogen and oxygen atoms in total. The van der Waals surface area contributed by atoms with Gasteiger partial charge in [0.1, 0.15) is 12.2 Å². The molecule has 4 aromatic rings. The predicted octanol–water partition coefficient (Wildman–Crippen LogP) is 8.84. The van der Waals surface area contributed by atoms with Crippen LogP contribution in [0.3, 0.4) is 0 Å². The molecule has 52 heavy (non-hydrogen) atoms. The number of nitrogens with zero attached hydrogens (tertiary/aromatic N) is 3. The lowest BCUT2D eigenvalue weighted by Gasteiger charge is -2.28. The third kappa shape index (κ3) is 9.16. The van der Waals surface area contributed by atoms with E-state index in [1.54, 1.807) is 55.5 Å². The van der Waals surface area contributed by atoms with Crippen molar-refractivity contribution >= 4 is 63.9 Å². The molecule has 0 radical (unpaired) electrons. The van der Waals surface area contributed by atoms with Crippen molar-refractivity contribution in [3.8, 4) is 11.8 Å². The van der Waals surface area contributed by atoms with Crippen LogP contribution < -0.4 is 10.1 Å². The van der Waals surface area contributed by atoms with Crippen LogP contribution in [0.1, 0.15) is 40.8 Å². The number of hydrogen-bond acceptors (Lipinski definition) is 6. The van der Waals surface area contributed by atoms with Crippen molar-refractivity contribution in [1.82, 2.24) is 10.2 Å². The second-order valence-electron chi connectivity index (χ2n) is 11.2. The summed E-state index contributed by atoms with van der Waals surface area (Å²) in [4.78, 5) is 46.5. The summed E-state index contributed by atoms with van der Waals surface area (Å²) in [5.74, 6) is -1.71. The number of hydrogen-bond donors (Lipinski definition) is 1. The Morgan fingerprint density at radius 3 is 2.21 bits per heavy atom. The van der Waals surface area contributed by atoms with E-state index in [2.05, 4.69) is 23.0 Å². The highest BCUT2D eigenvalue weighted by Gasteiger charge is 2.35. The normalized spacial score (nSPS) is 14.1. The van der Waals surface area contributed by atoms with Gasteiger partial charge in [0.25, 0.3) is 11.8 Å². The molecular formula is C41H32Cl2N4O4S. The zero-order valence-electron chi connectivity index (χ0n) is 28.0. The standard InChI is InChI=1S/C41H32Cl2N4O4S/c1-3-5-20-32(4-2)47-40(50)33(21-27-22-34(42)38(35(43)23-27)51-25-31-19-13-12-18-30(31)24-44)39(49)46-41(47)52-26-36(48)45-37(28-14-8-6-9-15-28)29-16-10-7-11-17-29/h3-23,37H,1,25-26H2,2H3,(H,45,48)/b20-5-,32-4+,33-21+. The molecule has 0 atom stereocenters. The number of thioether (sulfide) groups is 1. The molecule has 1 aliphatic heterocycles. The summed E-state index contributed by atoms with van der Waals surface area (Å²) >= 11 is 14.1. The maximum atomic E-state index is 14.1. The minimum absolute atomic E-state index is 0.0394. The van der Waals surface area contributed by atoms with Gasteiger partial charge in [0.15, 0.2) is 10.9 Å². The van der Waals surface area contributed by atoms with E-state index in [9.17, 15) is 19.6 Å². The zero-order chi connectivity index (χ0) is 37.0. The molecule has 5 rings (SSSR count). The number of ether oxygens (including phenoxy) is 1. The number of amidine groups is 1. The highest BCUT2D eigenvalue weighted by molar-refractivity contribution is 8.14.